The lowest BCUT2D eigenvalue weighted by Crippen LogP contribution is -2.17. The second-order valence-electron chi connectivity index (χ2n) is 5.73. The van der Waals surface area contributed by atoms with Crippen molar-refractivity contribution >= 4 is 17.7 Å². The van der Waals surface area contributed by atoms with Crippen molar-refractivity contribution in [1.82, 2.24) is 19.1 Å². The molecule has 8 nitrogen and oxygen atoms in total. The molecule has 25 heavy (non-hydrogen) atoms. The number of nitrogens with zero attached hydrogens (tertiary/aromatic N) is 4. The minimum Gasteiger partial charge on any atom is -0.477 e. The van der Waals surface area contributed by atoms with E-state index in [1.807, 2.05) is 6.92 Å². The monoisotopic (exact) mass is 339 g/mol. The maximum atomic E-state index is 12.2. The van der Waals surface area contributed by atoms with E-state index >= 15 is 0 Å². The Bertz CT molecular complexity index is 953. The van der Waals surface area contributed by atoms with Crippen molar-refractivity contribution in [3.8, 4) is 11.1 Å². The number of aromatic nitrogens is 4. The highest BCUT2D eigenvalue weighted by molar-refractivity contribution is 6.01. The first kappa shape index (κ1) is 16.4. The molecule has 0 atom stereocenters. The number of carbonyl (C=O) groups is 2. The second-order valence-corrected chi connectivity index (χ2v) is 5.73. The minimum atomic E-state index is -0.990. The molecule has 0 aliphatic carbocycles. The van der Waals surface area contributed by atoms with Crippen LogP contribution in [0.1, 0.15) is 26.8 Å². The van der Waals surface area contributed by atoms with Crippen LogP contribution in [0.2, 0.25) is 0 Å². The Hall–Kier alpha value is -3.42. The van der Waals surface area contributed by atoms with E-state index in [0.29, 0.717) is 11.6 Å². The lowest BCUT2D eigenvalue weighted by Gasteiger charge is -2.05. The quantitative estimate of drug-likeness (QED) is 0.758. The Morgan fingerprint density at radius 1 is 1.12 bits per heavy atom. The number of amides is 1. The molecule has 0 bridgehead atoms. The SMILES string of the molecule is Cc1cn(C)c(C(=O)Nc2ccc(-c3cc(C(=O)O)n(C)c3)cn2)n1. The minimum absolute atomic E-state index is 0.192. The summed E-state index contributed by atoms with van der Waals surface area (Å²) in [6.07, 6.45) is 5.07. The van der Waals surface area contributed by atoms with Crippen molar-refractivity contribution < 1.29 is 14.7 Å². The van der Waals surface area contributed by atoms with Crippen molar-refractivity contribution in [1.29, 1.82) is 0 Å². The third-order valence-electron chi connectivity index (χ3n) is 3.76. The van der Waals surface area contributed by atoms with Crippen LogP contribution in [0.4, 0.5) is 5.82 Å². The van der Waals surface area contributed by atoms with Crippen LogP contribution >= 0.6 is 0 Å². The van der Waals surface area contributed by atoms with E-state index in [1.54, 1.807) is 55.5 Å². The van der Waals surface area contributed by atoms with Crippen LogP contribution in [0.3, 0.4) is 0 Å². The van der Waals surface area contributed by atoms with E-state index < -0.39 is 5.97 Å². The molecule has 1 amide bonds. The first-order valence-corrected chi connectivity index (χ1v) is 7.52. The maximum absolute atomic E-state index is 12.2. The van der Waals surface area contributed by atoms with Crippen LogP contribution in [0.25, 0.3) is 11.1 Å². The van der Waals surface area contributed by atoms with Gasteiger partial charge in [-0.15, -0.1) is 0 Å². The molecule has 0 fully saturated rings. The highest BCUT2D eigenvalue weighted by Crippen LogP contribution is 2.22. The summed E-state index contributed by atoms with van der Waals surface area (Å²) in [5.41, 5.74) is 2.45. The number of hydrogen-bond donors (Lipinski definition) is 2. The van der Waals surface area contributed by atoms with E-state index in [1.165, 1.54) is 4.57 Å². The van der Waals surface area contributed by atoms with Gasteiger partial charge in [0.05, 0.1) is 5.69 Å². The van der Waals surface area contributed by atoms with Gasteiger partial charge in [0.2, 0.25) is 0 Å². The molecule has 0 spiro atoms. The van der Waals surface area contributed by atoms with Crippen LogP contribution in [0, 0.1) is 6.92 Å². The number of imidazole rings is 1. The van der Waals surface area contributed by atoms with Crippen molar-refractivity contribution in [2.45, 2.75) is 6.92 Å². The average molecular weight is 339 g/mol. The number of carbonyl (C=O) groups excluding carboxylic acids is 1. The van der Waals surface area contributed by atoms with Crippen LogP contribution in [0.5, 0.6) is 0 Å². The predicted molar refractivity (Wildman–Crippen MR) is 91.5 cm³/mol. The summed E-state index contributed by atoms with van der Waals surface area (Å²) in [4.78, 5) is 31.7. The zero-order valence-electron chi connectivity index (χ0n) is 14.0. The smallest absolute Gasteiger partial charge is 0.352 e. The molecule has 0 saturated heterocycles. The van der Waals surface area contributed by atoms with Gasteiger partial charge < -0.3 is 19.6 Å². The third-order valence-corrected chi connectivity index (χ3v) is 3.76. The van der Waals surface area contributed by atoms with E-state index in [0.717, 1.165) is 16.8 Å². The molecule has 128 valence electrons. The van der Waals surface area contributed by atoms with Crippen LogP contribution in [-0.4, -0.2) is 36.1 Å². The second kappa shape index (κ2) is 6.23. The van der Waals surface area contributed by atoms with Crippen LogP contribution in [0.15, 0.2) is 36.8 Å². The van der Waals surface area contributed by atoms with Gasteiger partial charge in [-0.05, 0) is 25.1 Å². The number of pyridine rings is 1. The highest BCUT2D eigenvalue weighted by atomic mass is 16.4. The number of aromatic carboxylic acids is 1. The molecule has 3 heterocycles. The van der Waals surface area contributed by atoms with Crippen molar-refractivity contribution in [2.75, 3.05) is 5.32 Å². The molecular formula is C17H17N5O3. The summed E-state index contributed by atoms with van der Waals surface area (Å²) in [5.74, 6) is -0.638. The van der Waals surface area contributed by atoms with E-state index in [9.17, 15) is 9.59 Å². The Labute approximate surface area is 143 Å². The first-order chi connectivity index (χ1) is 11.8. The van der Waals surface area contributed by atoms with Gasteiger partial charge in [0.1, 0.15) is 11.5 Å². The zero-order chi connectivity index (χ0) is 18.1. The molecule has 0 unspecified atom stereocenters. The molecule has 3 aromatic rings. The summed E-state index contributed by atoms with van der Waals surface area (Å²) in [7, 11) is 3.42. The van der Waals surface area contributed by atoms with Gasteiger partial charge in [0.25, 0.3) is 5.91 Å². The zero-order valence-corrected chi connectivity index (χ0v) is 14.0. The molecular weight excluding hydrogens is 322 g/mol. The van der Waals surface area contributed by atoms with Gasteiger partial charge in [0.15, 0.2) is 5.82 Å². The molecule has 0 aliphatic rings. The Morgan fingerprint density at radius 3 is 2.40 bits per heavy atom. The fourth-order valence-electron chi connectivity index (χ4n) is 2.57. The van der Waals surface area contributed by atoms with Crippen molar-refractivity contribution in [2.24, 2.45) is 14.1 Å². The topological polar surface area (TPSA) is 102 Å². The van der Waals surface area contributed by atoms with Crippen molar-refractivity contribution in [3.63, 3.8) is 0 Å². The standard InChI is InChI=1S/C17H17N5O3/c1-10-8-22(3)15(19-10)16(23)20-14-5-4-11(7-18-14)12-6-13(17(24)25)21(2)9-12/h4-9H,1-3H3,(H,24,25)(H,18,20,23). The van der Waals surface area contributed by atoms with Gasteiger partial charge in [-0.25, -0.2) is 14.8 Å². The summed E-state index contributed by atoms with van der Waals surface area (Å²) in [6.45, 7) is 1.81. The van der Waals surface area contributed by atoms with Gasteiger partial charge in [0, 0.05) is 43.8 Å². The number of hydrogen-bond acceptors (Lipinski definition) is 4. The Balaban J connectivity index is 1.78. The van der Waals surface area contributed by atoms with Gasteiger partial charge in [-0.3, -0.25) is 4.79 Å². The lowest BCUT2D eigenvalue weighted by atomic mass is 10.1. The number of rotatable bonds is 4. The van der Waals surface area contributed by atoms with E-state index in [2.05, 4.69) is 15.3 Å². The Kier molecular flexibility index (Phi) is 4.10. The summed E-state index contributed by atoms with van der Waals surface area (Å²) < 4.78 is 3.19. The first-order valence-electron chi connectivity index (χ1n) is 7.52. The van der Waals surface area contributed by atoms with E-state index in [-0.39, 0.29) is 11.6 Å². The normalized spacial score (nSPS) is 10.7. The van der Waals surface area contributed by atoms with Crippen molar-refractivity contribution in [3.05, 3.63) is 54.0 Å². The number of carboxylic acids is 1. The summed E-state index contributed by atoms with van der Waals surface area (Å²) in [5, 5.41) is 11.8. The lowest BCUT2D eigenvalue weighted by molar-refractivity contribution is 0.0686. The summed E-state index contributed by atoms with van der Waals surface area (Å²) >= 11 is 0. The number of aryl methyl sites for hydroxylation is 3. The van der Waals surface area contributed by atoms with Gasteiger partial charge >= 0.3 is 5.97 Å². The fourth-order valence-corrected chi connectivity index (χ4v) is 2.57. The third kappa shape index (κ3) is 3.27. The fraction of sp³-hybridized carbons (Fsp3) is 0.176. The molecule has 0 radical (unpaired) electrons. The molecule has 3 rings (SSSR count). The largest absolute Gasteiger partial charge is 0.477 e. The number of nitrogens with one attached hydrogen (secondary N) is 1. The molecule has 3 aromatic heterocycles. The molecule has 0 saturated carbocycles. The number of anilines is 1. The van der Waals surface area contributed by atoms with E-state index in [4.69, 9.17) is 5.11 Å². The van der Waals surface area contributed by atoms with Crippen LogP contribution < -0.4 is 5.32 Å². The van der Waals surface area contributed by atoms with Gasteiger partial charge in [-0.1, -0.05) is 0 Å². The average Bonchev–Trinajstić information content (AvgIpc) is 3.10. The molecule has 0 aromatic carbocycles. The highest BCUT2D eigenvalue weighted by Gasteiger charge is 2.14. The summed E-state index contributed by atoms with van der Waals surface area (Å²) in [6, 6.07) is 5.01. The Morgan fingerprint density at radius 2 is 1.88 bits per heavy atom. The molecule has 0 aliphatic heterocycles. The van der Waals surface area contributed by atoms with Crippen LogP contribution in [-0.2, 0) is 14.1 Å². The molecule has 8 heteroatoms. The predicted octanol–water partition coefficient (Wildman–Crippen LogP) is 2.08. The maximum Gasteiger partial charge on any atom is 0.352 e. The number of carboxylic acid groups (broad SMARTS) is 1. The molecule has 2 N–H and O–H groups in total. The van der Waals surface area contributed by atoms with Gasteiger partial charge in [-0.2, -0.15) is 0 Å².